The first-order valence-corrected chi connectivity index (χ1v) is 8.13. The van der Waals surface area contributed by atoms with Crippen molar-refractivity contribution in [2.24, 2.45) is 10.7 Å². The van der Waals surface area contributed by atoms with E-state index in [9.17, 15) is 18.0 Å². The predicted octanol–water partition coefficient (Wildman–Crippen LogP) is 3.08. The van der Waals surface area contributed by atoms with Crippen molar-refractivity contribution in [2.75, 3.05) is 12.0 Å². The summed E-state index contributed by atoms with van der Waals surface area (Å²) in [7, 11) is 0. The molecule has 7 nitrogen and oxygen atoms in total. The summed E-state index contributed by atoms with van der Waals surface area (Å²) in [6.07, 6.45) is 0.553. The van der Waals surface area contributed by atoms with Gasteiger partial charge in [-0.15, -0.1) is 0 Å². The second-order valence-electron chi connectivity index (χ2n) is 6.11. The van der Waals surface area contributed by atoms with Gasteiger partial charge in [0, 0.05) is 5.69 Å². The maximum absolute atomic E-state index is 13.0. The van der Waals surface area contributed by atoms with Crippen LogP contribution in [0.5, 0.6) is 0 Å². The quantitative estimate of drug-likeness (QED) is 0.816. The number of nitrogens with two attached hydrogens (primary N) is 1. The van der Waals surface area contributed by atoms with E-state index in [0.29, 0.717) is 11.3 Å². The van der Waals surface area contributed by atoms with E-state index in [1.54, 1.807) is 31.2 Å². The number of halogens is 3. The average molecular weight is 391 g/mol. The molecule has 0 spiro atoms. The molecule has 10 heteroatoms. The van der Waals surface area contributed by atoms with Gasteiger partial charge in [0.15, 0.2) is 0 Å². The van der Waals surface area contributed by atoms with Gasteiger partial charge in [0.2, 0.25) is 0 Å². The number of alkyl halides is 3. The molecule has 3 N–H and O–H groups in total. The van der Waals surface area contributed by atoms with Crippen LogP contribution >= 0.6 is 0 Å². The van der Waals surface area contributed by atoms with Gasteiger partial charge >= 0.3 is 0 Å². The minimum absolute atomic E-state index is 0.0406. The average Bonchev–Trinajstić information content (AvgIpc) is 2.67. The fourth-order valence-corrected chi connectivity index (χ4v) is 2.65. The van der Waals surface area contributed by atoms with Crippen molar-refractivity contribution in [3.8, 4) is 0 Å². The largest absolute Gasteiger partial charge is 0.428 e. The highest BCUT2D eigenvalue weighted by atomic mass is 19.3. The summed E-state index contributed by atoms with van der Waals surface area (Å²) < 4.78 is 43.1. The Morgan fingerprint density at radius 2 is 2.11 bits per heavy atom. The van der Waals surface area contributed by atoms with Crippen LogP contribution in [0.1, 0.15) is 35.1 Å². The smallest absolute Gasteiger partial charge is 0.288 e. The van der Waals surface area contributed by atoms with Gasteiger partial charge in [-0.3, -0.25) is 9.78 Å². The van der Waals surface area contributed by atoms with Crippen LogP contribution in [0.3, 0.4) is 0 Å². The van der Waals surface area contributed by atoms with Crippen molar-refractivity contribution < 1.29 is 22.7 Å². The maximum Gasteiger partial charge on any atom is 0.288 e. The van der Waals surface area contributed by atoms with Crippen LogP contribution in [0.4, 0.5) is 18.9 Å². The number of anilines is 1. The summed E-state index contributed by atoms with van der Waals surface area (Å²) in [6, 6.07) is 6.50. The Bertz CT molecular complexity index is 946. The van der Waals surface area contributed by atoms with Crippen LogP contribution in [-0.4, -0.2) is 28.6 Å². The Hall–Kier alpha value is -3.43. The highest BCUT2D eigenvalue weighted by Crippen LogP contribution is 2.33. The standard InChI is InChI=1S/C18H16F3N5O2/c1-18(6-12(7-19)28-17(22)26-18)10-3-2-4-11(5-10)25-16(27)14-9-23-13(8-24-14)15(20)21/h2-6,8-9,15H,7H2,1H3,(H2,22,26)(H,25,27)/t18-/m0/s1. The summed E-state index contributed by atoms with van der Waals surface area (Å²) in [6.45, 7) is 0.878. The topological polar surface area (TPSA) is 102 Å². The molecule has 28 heavy (non-hydrogen) atoms. The number of rotatable bonds is 5. The first-order valence-electron chi connectivity index (χ1n) is 8.13. The number of carbonyl (C=O) groups is 1. The summed E-state index contributed by atoms with van der Waals surface area (Å²) in [5, 5.41) is 2.61. The van der Waals surface area contributed by atoms with E-state index >= 15 is 0 Å². The minimum Gasteiger partial charge on any atom is -0.428 e. The third-order valence-electron chi connectivity index (χ3n) is 3.98. The minimum atomic E-state index is -2.77. The third kappa shape index (κ3) is 4.11. The van der Waals surface area contributed by atoms with Gasteiger partial charge in [0.25, 0.3) is 18.4 Å². The Morgan fingerprint density at radius 1 is 1.32 bits per heavy atom. The van der Waals surface area contributed by atoms with Gasteiger partial charge in [-0.1, -0.05) is 12.1 Å². The molecule has 1 aromatic carbocycles. The Labute approximate surface area is 158 Å². The molecular formula is C18H16F3N5O2. The fraction of sp³-hybridized carbons (Fsp3) is 0.222. The third-order valence-corrected chi connectivity index (χ3v) is 3.98. The van der Waals surface area contributed by atoms with Gasteiger partial charge in [-0.05, 0) is 30.7 Å². The number of aliphatic imine (C=N–C) groups is 1. The fourth-order valence-electron chi connectivity index (χ4n) is 2.65. The molecule has 146 valence electrons. The van der Waals surface area contributed by atoms with E-state index in [1.807, 2.05) is 0 Å². The lowest BCUT2D eigenvalue weighted by molar-refractivity contribution is 0.102. The van der Waals surface area contributed by atoms with Gasteiger partial charge in [-0.25, -0.2) is 23.1 Å². The van der Waals surface area contributed by atoms with Gasteiger partial charge in [-0.2, -0.15) is 0 Å². The van der Waals surface area contributed by atoms with Crippen molar-refractivity contribution in [3.63, 3.8) is 0 Å². The number of allylic oxidation sites excluding steroid dienone is 1. The Kier molecular flexibility index (Phi) is 5.30. The normalized spacial score (nSPS) is 18.9. The molecule has 1 atom stereocenters. The van der Waals surface area contributed by atoms with E-state index in [0.717, 1.165) is 12.4 Å². The van der Waals surface area contributed by atoms with E-state index in [1.165, 1.54) is 6.08 Å². The maximum atomic E-state index is 13.0. The molecule has 0 radical (unpaired) electrons. The second-order valence-corrected chi connectivity index (χ2v) is 6.11. The number of nitrogens with one attached hydrogen (secondary N) is 1. The number of hydrogen-bond acceptors (Lipinski definition) is 6. The second kappa shape index (κ2) is 7.67. The van der Waals surface area contributed by atoms with Crippen molar-refractivity contribution in [1.29, 1.82) is 0 Å². The monoisotopic (exact) mass is 391 g/mol. The van der Waals surface area contributed by atoms with Crippen LogP contribution in [0.25, 0.3) is 0 Å². The molecular weight excluding hydrogens is 375 g/mol. The molecule has 0 saturated carbocycles. The molecule has 1 amide bonds. The first kappa shape index (κ1) is 19.3. The molecule has 3 rings (SSSR count). The zero-order valence-electron chi connectivity index (χ0n) is 14.7. The van der Waals surface area contributed by atoms with Crippen LogP contribution in [0, 0.1) is 0 Å². The van der Waals surface area contributed by atoms with Gasteiger partial charge in [0.05, 0.1) is 12.4 Å². The molecule has 2 aromatic rings. The van der Waals surface area contributed by atoms with E-state index in [-0.39, 0.29) is 17.5 Å². The molecule has 1 aliphatic heterocycles. The summed E-state index contributed by atoms with van der Waals surface area (Å²) >= 11 is 0. The molecule has 2 heterocycles. The molecule has 0 saturated heterocycles. The number of amides is 1. The van der Waals surface area contributed by atoms with Crippen molar-refractivity contribution in [1.82, 2.24) is 9.97 Å². The summed E-state index contributed by atoms with van der Waals surface area (Å²) in [5.41, 5.74) is 5.04. The van der Waals surface area contributed by atoms with Crippen LogP contribution in [0.2, 0.25) is 0 Å². The molecule has 0 fully saturated rings. The summed E-state index contributed by atoms with van der Waals surface area (Å²) in [5.74, 6) is -0.579. The molecule has 0 unspecified atom stereocenters. The van der Waals surface area contributed by atoms with Crippen molar-refractivity contribution >= 4 is 17.6 Å². The lowest BCUT2D eigenvalue weighted by Crippen LogP contribution is -2.30. The molecule has 0 bridgehead atoms. The number of nitrogens with zero attached hydrogens (tertiary/aromatic N) is 3. The molecule has 0 aliphatic carbocycles. The van der Waals surface area contributed by atoms with E-state index in [4.69, 9.17) is 10.5 Å². The predicted molar refractivity (Wildman–Crippen MR) is 95.5 cm³/mol. The van der Waals surface area contributed by atoms with Crippen LogP contribution in [0.15, 0.2) is 53.5 Å². The van der Waals surface area contributed by atoms with Crippen molar-refractivity contribution in [2.45, 2.75) is 18.9 Å². The number of aromatic nitrogens is 2. The molecule has 1 aromatic heterocycles. The first-order chi connectivity index (χ1) is 13.3. The Balaban J connectivity index is 1.82. The van der Waals surface area contributed by atoms with E-state index < -0.39 is 30.2 Å². The highest BCUT2D eigenvalue weighted by molar-refractivity contribution is 6.02. The number of amidine groups is 1. The highest BCUT2D eigenvalue weighted by Gasteiger charge is 2.29. The van der Waals surface area contributed by atoms with Crippen molar-refractivity contribution in [3.05, 3.63) is 65.4 Å². The number of hydrogen-bond donors (Lipinski definition) is 2. The zero-order chi connectivity index (χ0) is 20.3. The van der Waals surface area contributed by atoms with E-state index in [2.05, 4.69) is 20.3 Å². The van der Waals surface area contributed by atoms with Crippen LogP contribution < -0.4 is 11.1 Å². The Morgan fingerprint density at radius 3 is 2.75 bits per heavy atom. The van der Waals surface area contributed by atoms with Gasteiger partial charge < -0.3 is 15.8 Å². The lowest BCUT2D eigenvalue weighted by Gasteiger charge is -2.27. The lowest BCUT2D eigenvalue weighted by atomic mass is 9.91. The number of ether oxygens (including phenoxy) is 1. The SMILES string of the molecule is C[C@@]1(c2cccc(NC(=O)c3cnc(C(F)F)cn3)c2)C=C(CF)OC(N)=N1. The van der Waals surface area contributed by atoms with Gasteiger partial charge in [0.1, 0.15) is 29.4 Å². The number of carbonyl (C=O) groups excluding carboxylic acids is 1. The molecule has 1 aliphatic rings. The van der Waals surface area contributed by atoms with Crippen LogP contribution in [-0.2, 0) is 10.3 Å². The number of benzene rings is 1. The summed E-state index contributed by atoms with van der Waals surface area (Å²) in [4.78, 5) is 23.7. The zero-order valence-corrected chi connectivity index (χ0v) is 14.7.